The van der Waals surface area contributed by atoms with Crippen LogP contribution in [0, 0.1) is 6.92 Å². The van der Waals surface area contributed by atoms with Crippen LogP contribution in [-0.4, -0.2) is 29.9 Å². The number of carboxylic acids is 1. The Hall–Kier alpha value is -2.17. The first kappa shape index (κ1) is 12.3. The summed E-state index contributed by atoms with van der Waals surface area (Å²) >= 11 is 0. The Labute approximate surface area is 105 Å². The average Bonchev–Trinajstić information content (AvgIpc) is 2.61. The highest BCUT2D eigenvalue weighted by atomic mass is 16.5. The fourth-order valence-electron chi connectivity index (χ4n) is 2.37. The topological polar surface area (TPSA) is 60.7 Å². The van der Waals surface area contributed by atoms with Gasteiger partial charge in [0.1, 0.15) is 17.2 Å². The summed E-state index contributed by atoms with van der Waals surface area (Å²) < 4.78 is 12.2. The molecule has 0 aliphatic rings. The summed E-state index contributed by atoms with van der Waals surface area (Å²) in [6.45, 7) is 1.77. The van der Waals surface area contributed by atoms with Gasteiger partial charge in [0.05, 0.1) is 19.7 Å². The van der Waals surface area contributed by atoms with E-state index < -0.39 is 5.97 Å². The van der Waals surface area contributed by atoms with E-state index in [-0.39, 0.29) is 5.69 Å². The van der Waals surface area contributed by atoms with Gasteiger partial charge in [-0.3, -0.25) is 0 Å². The van der Waals surface area contributed by atoms with Crippen LogP contribution >= 0.6 is 0 Å². The van der Waals surface area contributed by atoms with E-state index in [0.717, 1.165) is 10.9 Å². The number of hydrogen-bond acceptors (Lipinski definition) is 3. The molecule has 1 aromatic carbocycles. The number of fused-ring (bicyclic) bond motifs is 1. The minimum Gasteiger partial charge on any atom is -0.496 e. The molecule has 0 unspecified atom stereocenters. The summed E-state index contributed by atoms with van der Waals surface area (Å²) in [6, 6.07) is 3.55. The van der Waals surface area contributed by atoms with Crippen molar-refractivity contribution in [3.63, 3.8) is 0 Å². The van der Waals surface area contributed by atoms with Crippen molar-refractivity contribution >= 4 is 16.9 Å². The second-order valence-electron chi connectivity index (χ2n) is 4.03. The molecular formula is C13H15NO4. The fourth-order valence-corrected chi connectivity index (χ4v) is 2.37. The van der Waals surface area contributed by atoms with Crippen LogP contribution in [0.2, 0.25) is 0 Å². The van der Waals surface area contributed by atoms with Gasteiger partial charge < -0.3 is 19.1 Å². The molecule has 2 rings (SSSR count). The lowest BCUT2D eigenvalue weighted by Crippen LogP contribution is -2.05. The number of carbonyl (C=O) groups is 1. The Morgan fingerprint density at radius 2 is 1.78 bits per heavy atom. The van der Waals surface area contributed by atoms with Crippen LogP contribution in [0.15, 0.2) is 12.1 Å². The molecular weight excluding hydrogens is 234 g/mol. The Morgan fingerprint density at radius 1 is 1.22 bits per heavy atom. The Morgan fingerprint density at radius 3 is 2.28 bits per heavy atom. The monoisotopic (exact) mass is 249 g/mol. The van der Waals surface area contributed by atoms with Gasteiger partial charge in [0.25, 0.3) is 0 Å². The Bertz CT molecular complexity index is 581. The molecule has 0 spiro atoms. The van der Waals surface area contributed by atoms with Gasteiger partial charge in [-0.1, -0.05) is 0 Å². The molecule has 5 heteroatoms. The predicted molar refractivity (Wildman–Crippen MR) is 67.7 cm³/mol. The van der Waals surface area contributed by atoms with Crippen molar-refractivity contribution in [1.82, 2.24) is 4.57 Å². The van der Waals surface area contributed by atoms with E-state index >= 15 is 0 Å². The third-order valence-electron chi connectivity index (χ3n) is 3.15. The number of hydrogen-bond donors (Lipinski definition) is 1. The molecule has 0 aliphatic carbocycles. The zero-order valence-corrected chi connectivity index (χ0v) is 10.8. The van der Waals surface area contributed by atoms with Gasteiger partial charge in [-0.2, -0.15) is 0 Å². The van der Waals surface area contributed by atoms with E-state index in [1.54, 1.807) is 44.9 Å². The number of nitrogens with zero attached hydrogens (tertiary/aromatic N) is 1. The summed E-state index contributed by atoms with van der Waals surface area (Å²) in [4.78, 5) is 11.3. The first-order chi connectivity index (χ1) is 8.52. The minimum absolute atomic E-state index is 0.243. The largest absolute Gasteiger partial charge is 0.496 e. The highest BCUT2D eigenvalue weighted by Crippen LogP contribution is 2.38. The molecule has 96 valence electrons. The lowest BCUT2D eigenvalue weighted by molar-refractivity contribution is 0.0686. The zero-order valence-electron chi connectivity index (χ0n) is 10.8. The fraction of sp³-hybridized carbons (Fsp3) is 0.308. The van der Waals surface area contributed by atoms with Crippen molar-refractivity contribution in [2.75, 3.05) is 14.2 Å². The van der Waals surface area contributed by atoms with Crippen LogP contribution in [0.5, 0.6) is 11.5 Å². The molecule has 0 saturated heterocycles. The number of benzene rings is 1. The highest BCUT2D eigenvalue weighted by Gasteiger charge is 2.22. The van der Waals surface area contributed by atoms with Crippen molar-refractivity contribution in [3.8, 4) is 11.5 Å². The number of aromatic carboxylic acids is 1. The molecule has 5 nitrogen and oxygen atoms in total. The van der Waals surface area contributed by atoms with Crippen LogP contribution in [0.1, 0.15) is 16.1 Å². The standard InChI is InChI=1S/C13H15NO4/c1-7-10-8(17-3)5-6-9(18-4)12(10)14(2)11(7)13(15)16/h5-6H,1-4H3,(H,15,16). The molecule has 0 saturated carbocycles. The molecule has 1 heterocycles. The first-order valence-electron chi connectivity index (χ1n) is 5.46. The summed E-state index contributed by atoms with van der Waals surface area (Å²) in [5.41, 5.74) is 1.65. The summed E-state index contributed by atoms with van der Waals surface area (Å²) in [5.74, 6) is 0.311. The van der Waals surface area contributed by atoms with Gasteiger partial charge in [-0.25, -0.2) is 4.79 Å². The van der Waals surface area contributed by atoms with E-state index in [1.807, 2.05) is 0 Å². The van der Waals surface area contributed by atoms with Crippen LogP contribution in [-0.2, 0) is 7.05 Å². The summed E-state index contributed by atoms with van der Waals surface area (Å²) in [6.07, 6.45) is 0. The third kappa shape index (κ3) is 1.51. The molecule has 1 aromatic heterocycles. The molecule has 1 N–H and O–H groups in total. The number of aryl methyl sites for hydroxylation is 2. The Kier molecular flexibility index (Phi) is 2.90. The zero-order chi connectivity index (χ0) is 13.4. The van der Waals surface area contributed by atoms with Gasteiger partial charge in [0.2, 0.25) is 0 Å². The minimum atomic E-state index is -0.963. The van der Waals surface area contributed by atoms with Crippen LogP contribution in [0.3, 0.4) is 0 Å². The van der Waals surface area contributed by atoms with Gasteiger partial charge in [-0.15, -0.1) is 0 Å². The lowest BCUT2D eigenvalue weighted by Gasteiger charge is -2.08. The smallest absolute Gasteiger partial charge is 0.352 e. The maximum atomic E-state index is 11.3. The third-order valence-corrected chi connectivity index (χ3v) is 3.15. The maximum Gasteiger partial charge on any atom is 0.352 e. The SMILES string of the molecule is COc1ccc(OC)c2c1c(C)c(C(=O)O)n2C. The molecule has 0 aliphatic heterocycles. The van der Waals surface area contributed by atoms with Crippen LogP contribution < -0.4 is 9.47 Å². The molecule has 0 fully saturated rings. The van der Waals surface area contributed by atoms with E-state index in [2.05, 4.69) is 0 Å². The molecule has 0 radical (unpaired) electrons. The van der Waals surface area contributed by atoms with Crippen molar-refractivity contribution in [3.05, 3.63) is 23.4 Å². The number of ether oxygens (including phenoxy) is 2. The predicted octanol–water partition coefficient (Wildman–Crippen LogP) is 2.20. The molecule has 0 atom stereocenters. The second-order valence-corrected chi connectivity index (χ2v) is 4.03. The van der Waals surface area contributed by atoms with Gasteiger partial charge in [0.15, 0.2) is 0 Å². The van der Waals surface area contributed by atoms with Gasteiger partial charge >= 0.3 is 5.97 Å². The van der Waals surface area contributed by atoms with Crippen molar-refractivity contribution in [2.45, 2.75) is 6.92 Å². The van der Waals surface area contributed by atoms with Crippen molar-refractivity contribution < 1.29 is 19.4 Å². The number of aromatic nitrogens is 1. The molecule has 0 amide bonds. The average molecular weight is 249 g/mol. The second kappa shape index (κ2) is 4.25. The van der Waals surface area contributed by atoms with E-state index in [1.165, 1.54) is 0 Å². The molecule has 2 aromatic rings. The first-order valence-corrected chi connectivity index (χ1v) is 5.46. The van der Waals surface area contributed by atoms with Gasteiger partial charge in [-0.05, 0) is 24.6 Å². The van der Waals surface area contributed by atoms with Crippen LogP contribution in [0.4, 0.5) is 0 Å². The lowest BCUT2D eigenvalue weighted by atomic mass is 10.1. The van der Waals surface area contributed by atoms with Crippen molar-refractivity contribution in [1.29, 1.82) is 0 Å². The van der Waals surface area contributed by atoms with Crippen molar-refractivity contribution in [2.24, 2.45) is 7.05 Å². The highest BCUT2D eigenvalue weighted by molar-refractivity contribution is 6.02. The number of methoxy groups -OCH3 is 2. The molecule has 0 bridgehead atoms. The Balaban J connectivity index is 2.99. The number of carboxylic acid groups (broad SMARTS) is 1. The van der Waals surface area contributed by atoms with Crippen LogP contribution in [0.25, 0.3) is 10.9 Å². The normalized spacial score (nSPS) is 10.7. The summed E-state index contributed by atoms with van der Waals surface area (Å²) in [5, 5.41) is 10.0. The number of rotatable bonds is 3. The van der Waals surface area contributed by atoms with E-state index in [4.69, 9.17) is 9.47 Å². The molecule has 18 heavy (non-hydrogen) atoms. The van der Waals surface area contributed by atoms with Gasteiger partial charge in [0, 0.05) is 12.4 Å². The van der Waals surface area contributed by atoms with E-state index in [0.29, 0.717) is 17.1 Å². The quantitative estimate of drug-likeness (QED) is 0.905. The summed E-state index contributed by atoms with van der Waals surface area (Å²) in [7, 11) is 4.83. The maximum absolute atomic E-state index is 11.3. The van der Waals surface area contributed by atoms with E-state index in [9.17, 15) is 9.90 Å².